The predicted octanol–water partition coefficient (Wildman–Crippen LogP) is -0.356. The number of rotatable bonds is 5. The van der Waals surface area contributed by atoms with Crippen LogP contribution in [0.15, 0.2) is 0 Å². The smallest absolute Gasteiger partial charge is 0.321 e. The maximum absolute atomic E-state index is 10.2. The van der Waals surface area contributed by atoms with Gasteiger partial charge >= 0.3 is 5.97 Å². The Morgan fingerprint density at radius 2 is 2.09 bits per heavy atom. The zero-order chi connectivity index (χ0) is 8.85. The van der Waals surface area contributed by atoms with E-state index in [0.29, 0.717) is 12.5 Å². The van der Waals surface area contributed by atoms with E-state index < -0.39 is 12.0 Å². The second-order valence-electron chi connectivity index (χ2n) is 3.00. The summed E-state index contributed by atoms with van der Waals surface area (Å²) in [5, 5.41) is 11.3. The van der Waals surface area contributed by atoms with E-state index in [1.165, 1.54) is 0 Å². The minimum atomic E-state index is -0.957. The zero-order valence-electron chi connectivity index (χ0n) is 7.00. The summed E-state index contributed by atoms with van der Waals surface area (Å²) < 4.78 is 0. The van der Waals surface area contributed by atoms with E-state index in [4.69, 9.17) is 10.8 Å². The lowest BCUT2D eigenvalue weighted by molar-refractivity contribution is -0.138. The summed E-state index contributed by atoms with van der Waals surface area (Å²) in [7, 11) is 0. The van der Waals surface area contributed by atoms with Crippen molar-refractivity contribution in [2.75, 3.05) is 13.1 Å². The molecule has 0 unspecified atom stereocenters. The Hall–Kier alpha value is -0.610. The summed E-state index contributed by atoms with van der Waals surface area (Å²) in [6, 6.07) is -0.784. The van der Waals surface area contributed by atoms with Crippen LogP contribution in [0.5, 0.6) is 0 Å². The van der Waals surface area contributed by atoms with Gasteiger partial charge in [0.2, 0.25) is 0 Å². The van der Waals surface area contributed by atoms with Crippen molar-refractivity contribution in [3.63, 3.8) is 0 Å². The van der Waals surface area contributed by atoms with Gasteiger partial charge in [-0.1, -0.05) is 13.8 Å². The first kappa shape index (κ1) is 10.4. The van der Waals surface area contributed by atoms with Crippen molar-refractivity contribution < 1.29 is 9.90 Å². The third-order valence-corrected chi connectivity index (χ3v) is 1.23. The van der Waals surface area contributed by atoms with Gasteiger partial charge in [0.05, 0.1) is 0 Å². The number of nitrogens with one attached hydrogen (secondary N) is 1. The number of hydrogen-bond acceptors (Lipinski definition) is 3. The molecule has 0 rings (SSSR count). The lowest BCUT2D eigenvalue weighted by atomic mass is 10.2. The highest BCUT2D eigenvalue weighted by Gasteiger charge is 2.09. The molecular weight excluding hydrogens is 144 g/mol. The van der Waals surface area contributed by atoms with Crippen LogP contribution in [0, 0.1) is 5.92 Å². The van der Waals surface area contributed by atoms with E-state index in [2.05, 4.69) is 19.2 Å². The van der Waals surface area contributed by atoms with E-state index >= 15 is 0 Å². The Morgan fingerprint density at radius 1 is 1.55 bits per heavy atom. The molecule has 0 bridgehead atoms. The number of carbonyl (C=O) groups is 1. The summed E-state index contributed by atoms with van der Waals surface area (Å²) >= 11 is 0. The zero-order valence-corrected chi connectivity index (χ0v) is 7.00. The van der Waals surface area contributed by atoms with E-state index in [-0.39, 0.29) is 0 Å². The van der Waals surface area contributed by atoms with Crippen molar-refractivity contribution in [3.8, 4) is 0 Å². The second kappa shape index (κ2) is 5.09. The monoisotopic (exact) mass is 160 g/mol. The van der Waals surface area contributed by atoms with Gasteiger partial charge in [-0.05, 0) is 12.5 Å². The minimum absolute atomic E-state index is 0.341. The van der Waals surface area contributed by atoms with Gasteiger partial charge in [-0.15, -0.1) is 0 Å². The predicted molar refractivity (Wildman–Crippen MR) is 43.3 cm³/mol. The van der Waals surface area contributed by atoms with Crippen LogP contribution in [0.4, 0.5) is 0 Å². The molecular formula is C7H16N2O2. The van der Waals surface area contributed by atoms with Crippen molar-refractivity contribution in [2.24, 2.45) is 11.7 Å². The van der Waals surface area contributed by atoms with E-state index in [9.17, 15) is 4.79 Å². The van der Waals surface area contributed by atoms with Crippen molar-refractivity contribution in [1.29, 1.82) is 0 Å². The van der Waals surface area contributed by atoms with Crippen LogP contribution in [0.2, 0.25) is 0 Å². The van der Waals surface area contributed by atoms with Crippen LogP contribution < -0.4 is 11.1 Å². The van der Waals surface area contributed by atoms with Gasteiger partial charge in [-0.3, -0.25) is 4.79 Å². The van der Waals surface area contributed by atoms with Crippen LogP contribution in [0.1, 0.15) is 13.8 Å². The molecule has 0 saturated carbocycles. The fraction of sp³-hybridized carbons (Fsp3) is 0.857. The highest BCUT2D eigenvalue weighted by molar-refractivity contribution is 5.73. The molecule has 0 aliphatic heterocycles. The molecule has 66 valence electrons. The van der Waals surface area contributed by atoms with Gasteiger partial charge in [0, 0.05) is 6.54 Å². The first-order valence-corrected chi connectivity index (χ1v) is 3.73. The Morgan fingerprint density at radius 3 is 2.45 bits per heavy atom. The molecule has 4 N–H and O–H groups in total. The minimum Gasteiger partial charge on any atom is -0.480 e. The Bertz CT molecular complexity index is 126. The van der Waals surface area contributed by atoms with Crippen LogP contribution in [0.25, 0.3) is 0 Å². The fourth-order valence-corrected chi connectivity index (χ4v) is 0.615. The van der Waals surface area contributed by atoms with Crippen LogP contribution in [0.3, 0.4) is 0 Å². The summed E-state index contributed by atoms with van der Waals surface area (Å²) in [5.41, 5.74) is 5.24. The van der Waals surface area contributed by atoms with Crippen molar-refractivity contribution in [1.82, 2.24) is 5.32 Å². The third-order valence-electron chi connectivity index (χ3n) is 1.23. The van der Waals surface area contributed by atoms with Crippen molar-refractivity contribution in [2.45, 2.75) is 19.9 Å². The van der Waals surface area contributed by atoms with Gasteiger partial charge in [0.1, 0.15) is 6.04 Å². The molecule has 0 fully saturated rings. The first-order chi connectivity index (χ1) is 5.04. The van der Waals surface area contributed by atoms with Crippen molar-refractivity contribution in [3.05, 3.63) is 0 Å². The number of carboxylic acids is 1. The van der Waals surface area contributed by atoms with Gasteiger partial charge in [0.25, 0.3) is 0 Å². The SMILES string of the molecule is CC(C)CNC[C@H](N)C(=O)O. The molecule has 0 aliphatic rings. The summed E-state index contributed by atoms with van der Waals surface area (Å²) in [6.07, 6.45) is 0. The average molecular weight is 160 g/mol. The molecule has 4 heteroatoms. The van der Waals surface area contributed by atoms with E-state index in [0.717, 1.165) is 6.54 Å². The van der Waals surface area contributed by atoms with Crippen LogP contribution >= 0.6 is 0 Å². The summed E-state index contributed by atoms with van der Waals surface area (Å²) in [6.45, 7) is 5.26. The number of hydrogen-bond donors (Lipinski definition) is 3. The number of nitrogens with two attached hydrogens (primary N) is 1. The largest absolute Gasteiger partial charge is 0.480 e. The van der Waals surface area contributed by atoms with E-state index in [1.807, 2.05) is 0 Å². The van der Waals surface area contributed by atoms with Gasteiger partial charge < -0.3 is 16.2 Å². The molecule has 0 heterocycles. The molecule has 0 aromatic carbocycles. The Balaban J connectivity index is 3.31. The quantitative estimate of drug-likeness (QED) is 0.513. The molecule has 0 aliphatic carbocycles. The molecule has 0 spiro atoms. The van der Waals surface area contributed by atoms with Gasteiger partial charge in [-0.25, -0.2) is 0 Å². The fourth-order valence-electron chi connectivity index (χ4n) is 0.615. The van der Waals surface area contributed by atoms with Crippen LogP contribution in [-0.4, -0.2) is 30.2 Å². The van der Waals surface area contributed by atoms with Gasteiger partial charge in [-0.2, -0.15) is 0 Å². The standard InChI is InChI=1S/C7H16N2O2/c1-5(2)3-9-4-6(8)7(10)11/h5-6,9H,3-4,8H2,1-2H3,(H,10,11)/t6-/m0/s1. The van der Waals surface area contributed by atoms with E-state index in [1.54, 1.807) is 0 Å². The average Bonchev–Trinajstić information content (AvgIpc) is 1.86. The van der Waals surface area contributed by atoms with Crippen molar-refractivity contribution >= 4 is 5.97 Å². The van der Waals surface area contributed by atoms with Crippen LogP contribution in [-0.2, 0) is 4.79 Å². The molecule has 0 aromatic rings. The highest BCUT2D eigenvalue weighted by atomic mass is 16.4. The number of aliphatic carboxylic acids is 1. The Labute approximate surface area is 66.8 Å². The second-order valence-corrected chi connectivity index (χ2v) is 3.00. The molecule has 4 nitrogen and oxygen atoms in total. The first-order valence-electron chi connectivity index (χ1n) is 3.73. The highest BCUT2D eigenvalue weighted by Crippen LogP contribution is 1.86. The lowest BCUT2D eigenvalue weighted by Crippen LogP contribution is -2.41. The molecule has 0 saturated heterocycles. The lowest BCUT2D eigenvalue weighted by Gasteiger charge is -2.09. The maximum Gasteiger partial charge on any atom is 0.321 e. The van der Waals surface area contributed by atoms with Gasteiger partial charge in [0.15, 0.2) is 0 Å². The molecule has 1 atom stereocenters. The molecule has 0 amide bonds. The third kappa shape index (κ3) is 5.82. The molecule has 0 radical (unpaired) electrons. The normalized spacial score (nSPS) is 13.5. The summed E-state index contributed by atoms with van der Waals surface area (Å²) in [4.78, 5) is 10.2. The topological polar surface area (TPSA) is 75.3 Å². The summed E-state index contributed by atoms with van der Waals surface area (Å²) in [5.74, 6) is -0.433. The molecule has 0 aromatic heterocycles. The Kier molecular flexibility index (Phi) is 4.81. The number of carboxylic acid groups (broad SMARTS) is 1. The maximum atomic E-state index is 10.2. The molecule has 11 heavy (non-hydrogen) atoms.